The highest BCUT2D eigenvalue weighted by Crippen LogP contribution is 2.10. The Kier molecular flexibility index (Phi) is 2.77. The first-order chi connectivity index (χ1) is 9.78. The van der Waals surface area contributed by atoms with E-state index in [2.05, 4.69) is 9.98 Å². The third-order valence-electron chi connectivity index (χ3n) is 2.86. The topological polar surface area (TPSA) is 50.4 Å². The third kappa shape index (κ3) is 2.26. The minimum atomic E-state index is -0.214. The van der Waals surface area contributed by atoms with E-state index in [0.29, 0.717) is 17.0 Å². The van der Waals surface area contributed by atoms with Crippen molar-refractivity contribution in [2.45, 2.75) is 6.73 Å². The van der Waals surface area contributed by atoms with Crippen LogP contribution in [0.5, 0.6) is 0 Å². The molecule has 2 aromatic heterocycles. The average Bonchev–Trinajstić information content (AvgIpc) is 2.48. The van der Waals surface area contributed by atoms with Crippen LogP contribution in [0.25, 0.3) is 11.0 Å². The Balaban J connectivity index is 2.29. The van der Waals surface area contributed by atoms with Crippen LogP contribution in [-0.4, -0.2) is 14.7 Å². The summed E-state index contributed by atoms with van der Waals surface area (Å²) in [4.78, 5) is 8.68. The minimum absolute atomic E-state index is 0.214. The molecule has 0 bridgehead atoms. The molecule has 0 fully saturated rings. The van der Waals surface area contributed by atoms with E-state index in [9.17, 15) is 5.11 Å². The fourth-order valence-electron chi connectivity index (χ4n) is 1.96. The van der Waals surface area contributed by atoms with E-state index >= 15 is 0 Å². The molecule has 0 unspecified atom stereocenters. The summed E-state index contributed by atoms with van der Waals surface area (Å²) in [6.45, 7) is -0.214. The maximum Gasteiger partial charge on any atom is 0.135 e. The van der Waals surface area contributed by atoms with Gasteiger partial charge in [0.25, 0.3) is 0 Å². The van der Waals surface area contributed by atoms with Crippen molar-refractivity contribution in [2.24, 2.45) is 4.99 Å². The van der Waals surface area contributed by atoms with Crippen LogP contribution in [0.3, 0.4) is 0 Å². The van der Waals surface area contributed by atoms with E-state index in [-0.39, 0.29) is 6.73 Å². The van der Waals surface area contributed by atoms with Crippen molar-refractivity contribution in [3.8, 4) is 0 Å². The molecule has 0 aliphatic carbocycles. The summed E-state index contributed by atoms with van der Waals surface area (Å²) in [5, 5.41) is 9.60. The van der Waals surface area contributed by atoms with Crippen LogP contribution in [0.4, 0.5) is 5.69 Å². The fraction of sp³-hybridized carbons (Fsp3) is 0.0667. The number of para-hydroxylation sites is 1. The van der Waals surface area contributed by atoms with E-state index < -0.39 is 0 Å². The molecule has 0 amide bonds. The van der Waals surface area contributed by atoms with Gasteiger partial charge in [0.05, 0.1) is 18.1 Å². The summed E-state index contributed by atoms with van der Waals surface area (Å²) in [6.07, 6.45) is 1.48. The molecular weight excluding hydrogens is 238 g/mol. The van der Waals surface area contributed by atoms with E-state index in [1.807, 2.05) is 42.5 Å². The average molecular weight is 252 g/mol. The molecule has 3 aromatic rings. The summed E-state index contributed by atoms with van der Waals surface area (Å²) in [5.74, 6) is 0. The Hall–Kier alpha value is -2.46. The molecule has 94 valence electrons. The molecule has 2 heterocycles. The molecule has 0 atom stereocenters. The molecule has 0 aliphatic rings. The molecule has 0 saturated heterocycles. The predicted octanol–water partition coefficient (Wildman–Crippen LogP) is 2.22. The standard InChI is InChI=1S/C15H13N3O/c19-11-18-14-7-4-10-16-13(14)8-9-15(18)17-12-5-2-1-3-6-12/h1-10,19H,11H2/b17-15+/i4D. The Morgan fingerprint density at radius 1 is 1.16 bits per heavy atom. The molecule has 4 heteroatoms. The highest BCUT2D eigenvalue weighted by molar-refractivity contribution is 5.73. The number of aromatic nitrogens is 2. The number of nitrogens with zero attached hydrogens (tertiary/aromatic N) is 3. The highest BCUT2D eigenvalue weighted by Gasteiger charge is 2.00. The van der Waals surface area contributed by atoms with Crippen LogP contribution >= 0.6 is 0 Å². The number of fused-ring (bicyclic) bond motifs is 1. The highest BCUT2D eigenvalue weighted by atomic mass is 16.3. The fourth-order valence-corrected chi connectivity index (χ4v) is 1.96. The van der Waals surface area contributed by atoms with Gasteiger partial charge < -0.3 is 9.67 Å². The predicted molar refractivity (Wildman–Crippen MR) is 73.6 cm³/mol. The van der Waals surface area contributed by atoms with E-state index in [0.717, 1.165) is 11.2 Å². The first kappa shape index (κ1) is 10.5. The molecule has 0 saturated carbocycles. The Bertz CT molecular complexity index is 812. The summed E-state index contributed by atoms with van der Waals surface area (Å²) < 4.78 is 9.28. The molecule has 0 aliphatic heterocycles. The van der Waals surface area contributed by atoms with Gasteiger partial charge >= 0.3 is 0 Å². The lowest BCUT2D eigenvalue weighted by molar-refractivity contribution is 0.210. The molecule has 0 radical (unpaired) electrons. The molecule has 3 rings (SSSR count). The lowest BCUT2D eigenvalue weighted by atomic mass is 10.3. The van der Waals surface area contributed by atoms with Gasteiger partial charge in [0, 0.05) is 6.20 Å². The second-order valence-electron chi connectivity index (χ2n) is 4.05. The molecule has 1 N–H and O–H groups in total. The number of hydrogen-bond donors (Lipinski definition) is 1. The summed E-state index contributed by atoms with van der Waals surface area (Å²) >= 11 is 0. The lowest BCUT2D eigenvalue weighted by Crippen LogP contribution is -2.20. The number of rotatable bonds is 2. The molecule has 4 nitrogen and oxygen atoms in total. The summed E-state index contributed by atoms with van der Waals surface area (Å²) in [5.41, 5.74) is 2.85. The second kappa shape index (κ2) is 5.04. The molecule has 0 spiro atoms. The molecular formula is C15H13N3O. The SMILES string of the molecule is [2H]c1cnc2cc/c(=N\c3ccccc3)n(CO)c2c1. The van der Waals surface area contributed by atoms with Crippen molar-refractivity contribution in [3.05, 3.63) is 66.3 Å². The number of aliphatic hydroxyl groups excluding tert-OH is 1. The zero-order valence-corrected chi connectivity index (χ0v) is 10.2. The van der Waals surface area contributed by atoms with Crippen LogP contribution in [0.2, 0.25) is 0 Å². The number of aliphatic hydroxyl groups is 1. The van der Waals surface area contributed by atoms with Gasteiger partial charge in [-0.15, -0.1) is 0 Å². The summed E-state index contributed by atoms with van der Waals surface area (Å²) in [7, 11) is 0. The van der Waals surface area contributed by atoms with Gasteiger partial charge in [-0.2, -0.15) is 0 Å². The Labute approximate surface area is 111 Å². The third-order valence-corrected chi connectivity index (χ3v) is 2.86. The maximum atomic E-state index is 9.60. The number of hydrogen-bond acceptors (Lipinski definition) is 3. The van der Waals surface area contributed by atoms with Gasteiger partial charge in [0.15, 0.2) is 0 Å². The first-order valence-electron chi connectivity index (χ1n) is 6.45. The van der Waals surface area contributed by atoms with Gasteiger partial charge in [-0.1, -0.05) is 18.2 Å². The zero-order valence-electron chi connectivity index (χ0n) is 11.2. The second-order valence-corrected chi connectivity index (χ2v) is 4.05. The normalized spacial score (nSPS) is 12.7. The van der Waals surface area contributed by atoms with Crippen molar-refractivity contribution < 1.29 is 6.48 Å². The van der Waals surface area contributed by atoms with Crippen LogP contribution in [0.1, 0.15) is 1.37 Å². The Morgan fingerprint density at radius 2 is 2.00 bits per heavy atom. The van der Waals surface area contributed by atoms with Crippen molar-refractivity contribution in [1.82, 2.24) is 9.55 Å². The van der Waals surface area contributed by atoms with Gasteiger partial charge in [-0.05, 0) is 36.4 Å². The number of benzene rings is 1. The summed E-state index contributed by atoms with van der Waals surface area (Å²) in [6, 6.07) is 15.1. The van der Waals surface area contributed by atoms with Crippen LogP contribution < -0.4 is 5.49 Å². The first-order valence-corrected chi connectivity index (χ1v) is 5.95. The van der Waals surface area contributed by atoms with Crippen LogP contribution in [0.15, 0.2) is 65.8 Å². The smallest absolute Gasteiger partial charge is 0.135 e. The molecule has 1 aromatic carbocycles. The van der Waals surface area contributed by atoms with Crippen molar-refractivity contribution in [3.63, 3.8) is 0 Å². The monoisotopic (exact) mass is 252 g/mol. The van der Waals surface area contributed by atoms with Gasteiger partial charge in [-0.3, -0.25) is 4.98 Å². The zero-order chi connectivity index (χ0) is 13.9. The van der Waals surface area contributed by atoms with Crippen molar-refractivity contribution >= 4 is 16.7 Å². The van der Waals surface area contributed by atoms with E-state index in [4.69, 9.17) is 1.37 Å². The van der Waals surface area contributed by atoms with E-state index in [1.54, 1.807) is 10.6 Å². The van der Waals surface area contributed by atoms with Gasteiger partial charge in [0.2, 0.25) is 0 Å². The Morgan fingerprint density at radius 3 is 2.79 bits per heavy atom. The van der Waals surface area contributed by atoms with E-state index in [1.165, 1.54) is 6.20 Å². The number of pyridine rings is 2. The quantitative estimate of drug-likeness (QED) is 0.760. The van der Waals surface area contributed by atoms with Gasteiger partial charge in [-0.25, -0.2) is 4.99 Å². The lowest BCUT2D eigenvalue weighted by Gasteiger charge is -2.08. The largest absolute Gasteiger partial charge is 0.376 e. The van der Waals surface area contributed by atoms with Crippen molar-refractivity contribution in [1.29, 1.82) is 0 Å². The van der Waals surface area contributed by atoms with Crippen LogP contribution in [0, 0.1) is 0 Å². The maximum absolute atomic E-state index is 9.60. The van der Waals surface area contributed by atoms with Gasteiger partial charge in [0.1, 0.15) is 12.2 Å². The van der Waals surface area contributed by atoms with Crippen molar-refractivity contribution in [2.75, 3.05) is 0 Å². The minimum Gasteiger partial charge on any atom is -0.376 e. The van der Waals surface area contributed by atoms with Crippen LogP contribution in [-0.2, 0) is 6.73 Å². The molecule has 19 heavy (non-hydrogen) atoms.